The lowest BCUT2D eigenvalue weighted by atomic mass is 10.3. The van der Waals surface area contributed by atoms with Crippen molar-refractivity contribution in [2.75, 3.05) is 34.4 Å². The summed E-state index contributed by atoms with van der Waals surface area (Å²) in [6, 6.07) is -0.484. The van der Waals surface area contributed by atoms with E-state index in [2.05, 4.69) is 14.8 Å². The van der Waals surface area contributed by atoms with Crippen molar-refractivity contribution < 1.29 is 29.0 Å². The van der Waals surface area contributed by atoms with Crippen molar-refractivity contribution in [3.05, 3.63) is 0 Å². The highest BCUT2D eigenvalue weighted by molar-refractivity contribution is 5.77. The largest absolute Gasteiger partial charge is 0.479 e. The van der Waals surface area contributed by atoms with E-state index in [1.54, 1.807) is 0 Å². The lowest BCUT2D eigenvalue weighted by Gasteiger charge is -2.18. The van der Waals surface area contributed by atoms with Crippen LogP contribution in [0.5, 0.6) is 0 Å². The van der Waals surface area contributed by atoms with Crippen LogP contribution < -0.4 is 5.32 Å². The van der Waals surface area contributed by atoms with Crippen LogP contribution in [0.25, 0.3) is 0 Å². The molecule has 0 radical (unpaired) electrons. The van der Waals surface area contributed by atoms with Crippen LogP contribution in [-0.4, -0.2) is 68.4 Å². The van der Waals surface area contributed by atoms with Crippen LogP contribution in [0.4, 0.5) is 4.79 Å². The van der Waals surface area contributed by atoms with E-state index in [0.717, 1.165) is 0 Å². The zero-order valence-electron chi connectivity index (χ0n) is 10.6. The molecule has 18 heavy (non-hydrogen) atoms. The Labute approximate surface area is 105 Å². The van der Waals surface area contributed by atoms with E-state index in [4.69, 9.17) is 5.11 Å². The number of urea groups is 1. The van der Waals surface area contributed by atoms with Gasteiger partial charge in [-0.3, -0.25) is 4.79 Å². The highest BCUT2D eigenvalue weighted by Gasteiger charge is 2.18. The van der Waals surface area contributed by atoms with Crippen LogP contribution in [0.3, 0.4) is 0 Å². The molecular formula is C10H18N2O6. The lowest BCUT2D eigenvalue weighted by molar-refractivity contribution is -0.148. The maximum atomic E-state index is 11.5. The molecule has 0 aromatic carbocycles. The second-order valence-electron chi connectivity index (χ2n) is 3.50. The van der Waals surface area contributed by atoms with Crippen LogP contribution in [0, 0.1) is 0 Å². The Morgan fingerprint density at radius 1 is 1.33 bits per heavy atom. The van der Waals surface area contributed by atoms with Gasteiger partial charge in [0.2, 0.25) is 0 Å². The molecule has 8 nitrogen and oxygen atoms in total. The van der Waals surface area contributed by atoms with Crippen LogP contribution in [0.2, 0.25) is 0 Å². The summed E-state index contributed by atoms with van der Waals surface area (Å²) in [7, 11) is 3.99. The summed E-state index contributed by atoms with van der Waals surface area (Å²) in [5.41, 5.74) is 0. The molecule has 0 spiro atoms. The predicted molar refractivity (Wildman–Crippen MR) is 61.1 cm³/mol. The number of aliphatic carboxylic acids is 1. The number of carbonyl (C=O) groups excluding carboxylic acids is 2. The van der Waals surface area contributed by atoms with Crippen molar-refractivity contribution in [3.8, 4) is 0 Å². The first-order valence-electron chi connectivity index (χ1n) is 5.23. The molecule has 0 rings (SSSR count). The number of carboxylic acids is 1. The quantitative estimate of drug-likeness (QED) is 0.587. The highest BCUT2D eigenvalue weighted by atomic mass is 16.5. The van der Waals surface area contributed by atoms with Gasteiger partial charge in [0.05, 0.1) is 20.1 Å². The number of amides is 2. The molecule has 0 aliphatic rings. The molecule has 0 aromatic rings. The van der Waals surface area contributed by atoms with Crippen molar-refractivity contribution in [2.45, 2.75) is 12.5 Å². The molecule has 0 aliphatic heterocycles. The van der Waals surface area contributed by atoms with Gasteiger partial charge in [0.15, 0.2) is 6.10 Å². The fourth-order valence-electron chi connectivity index (χ4n) is 1.05. The molecule has 1 atom stereocenters. The molecule has 0 aromatic heterocycles. The topological polar surface area (TPSA) is 105 Å². The first-order chi connectivity index (χ1) is 8.42. The van der Waals surface area contributed by atoms with E-state index in [0.29, 0.717) is 0 Å². The smallest absolute Gasteiger partial charge is 0.334 e. The number of esters is 1. The number of carboxylic acid groups (broad SMARTS) is 1. The predicted octanol–water partition coefficient (Wildman–Crippen LogP) is -0.709. The molecular weight excluding hydrogens is 244 g/mol. The normalized spacial score (nSPS) is 11.5. The Balaban J connectivity index is 4.01. The van der Waals surface area contributed by atoms with Crippen LogP contribution in [0.15, 0.2) is 0 Å². The molecule has 0 fully saturated rings. The number of nitrogens with zero attached hydrogens (tertiary/aromatic N) is 1. The van der Waals surface area contributed by atoms with Crippen molar-refractivity contribution >= 4 is 18.0 Å². The van der Waals surface area contributed by atoms with Crippen LogP contribution in [0.1, 0.15) is 6.42 Å². The second-order valence-corrected chi connectivity index (χ2v) is 3.50. The van der Waals surface area contributed by atoms with E-state index in [-0.39, 0.29) is 19.5 Å². The van der Waals surface area contributed by atoms with E-state index >= 15 is 0 Å². The Bertz CT molecular complexity index is 307. The lowest BCUT2D eigenvalue weighted by Crippen LogP contribution is -2.44. The average Bonchev–Trinajstić information content (AvgIpc) is 2.35. The molecule has 1 unspecified atom stereocenters. The van der Waals surface area contributed by atoms with Gasteiger partial charge in [-0.25, -0.2) is 9.59 Å². The van der Waals surface area contributed by atoms with Gasteiger partial charge in [-0.15, -0.1) is 0 Å². The first-order valence-corrected chi connectivity index (χ1v) is 5.23. The number of carbonyl (C=O) groups is 3. The first kappa shape index (κ1) is 16.2. The van der Waals surface area contributed by atoms with Crippen molar-refractivity contribution in [3.63, 3.8) is 0 Å². The van der Waals surface area contributed by atoms with Gasteiger partial charge in [0.1, 0.15) is 0 Å². The van der Waals surface area contributed by atoms with Gasteiger partial charge >= 0.3 is 18.0 Å². The van der Waals surface area contributed by atoms with E-state index in [9.17, 15) is 14.4 Å². The summed E-state index contributed by atoms with van der Waals surface area (Å²) in [6.07, 6.45) is -1.02. The van der Waals surface area contributed by atoms with Gasteiger partial charge in [-0.05, 0) is 0 Å². The number of ether oxygens (including phenoxy) is 2. The maximum Gasteiger partial charge on any atom is 0.334 e. The Morgan fingerprint density at radius 2 is 1.94 bits per heavy atom. The van der Waals surface area contributed by atoms with E-state index in [1.807, 2.05) is 0 Å². The molecule has 0 aliphatic carbocycles. The summed E-state index contributed by atoms with van der Waals surface area (Å²) in [5, 5.41) is 11.1. The number of hydrogen-bond donors (Lipinski definition) is 2. The minimum absolute atomic E-state index is 0.0764. The van der Waals surface area contributed by atoms with Crippen molar-refractivity contribution in [2.24, 2.45) is 0 Å². The molecule has 2 amide bonds. The number of methoxy groups -OCH3 is 2. The molecule has 0 saturated carbocycles. The van der Waals surface area contributed by atoms with E-state index in [1.165, 1.54) is 26.2 Å². The summed E-state index contributed by atoms with van der Waals surface area (Å²) in [4.78, 5) is 34.2. The highest BCUT2D eigenvalue weighted by Crippen LogP contribution is 1.93. The number of rotatable bonds is 7. The van der Waals surface area contributed by atoms with Gasteiger partial charge in [0, 0.05) is 20.7 Å². The minimum Gasteiger partial charge on any atom is -0.479 e. The summed E-state index contributed by atoms with van der Waals surface area (Å²) in [5.74, 6) is -1.58. The molecule has 0 bridgehead atoms. The summed E-state index contributed by atoms with van der Waals surface area (Å²) < 4.78 is 9.08. The maximum absolute atomic E-state index is 11.5. The third-order valence-electron chi connectivity index (χ3n) is 2.22. The summed E-state index contributed by atoms with van der Waals surface area (Å²) >= 11 is 0. The van der Waals surface area contributed by atoms with Gasteiger partial charge < -0.3 is 24.8 Å². The summed E-state index contributed by atoms with van der Waals surface area (Å²) in [6.45, 7) is 0.0382. The van der Waals surface area contributed by atoms with E-state index < -0.39 is 24.1 Å². The van der Waals surface area contributed by atoms with Crippen LogP contribution >= 0.6 is 0 Å². The molecule has 2 N–H and O–H groups in total. The van der Waals surface area contributed by atoms with Gasteiger partial charge in [0.25, 0.3) is 0 Å². The third-order valence-corrected chi connectivity index (χ3v) is 2.22. The number of hydrogen-bond acceptors (Lipinski definition) is 5. The zero-order chi connectivity index (χ0) is 14.1. The fraction of sp³-hybridized carbons (Fsp3) is 0.700. The monoisotopic (exact) mass is 262 g/mol. The average molecular weight is 262 g/mol. The van der Waals surface area contributed by atoms with Gasteiger partial charge in [-0.1, -0.05) is 0 Å². The zero-order valence-corrected chi connectivity index (χ0v) is 10.6. The molecule has 0 heterocycles. The van der Waals surface area contributed by atoms with Crippen molar-refractivity contribution in [1.29, 1.82) is 0 Å². The molecule has 0 saturated heterocycles. The minimum atomic E-state index is -1.16. The third kappa shape index (κ3) is 6.04. The molecule has 8 heteroatoms. The second kappa shape index (κ2) is 8.29. The molecule has 104 valence electrons. The van der Waals surface area contributed by atoms with Gasteiger partial charge in [-0.2, -0.15) is 0 Å². The standard InChI is InChI=1S/C10H18N2O6/c1-12(5-4-8(13)18-3)10(16)11-6-7(17-2)9(14)15/h7H,4-6H2,1-3H3,(H,11,16)(H,14,15). The fourth-order valence-corrected chi connectivity index (χ4v) is 1.05. The Hall–Kier alpha value is -1.83. The number of nitrogens with one attached hydrogen (secondary N) is 1. The van der Waals surface area contributed by atoms with Crippen LogP contribution in [-0.2, 0) is 19.1 Å². The Morgan fingerprint density at radius 3 is 2.39 bits per heavy atom. The SMILES string of the molecule is COC(=O)CCN(C)C(=O)NCC(OC)C(=O)O. The van der Waals surface area contributed by atoms with Crippen molar-refractivity contribution in [1.82, 2.24) is 10.2 Å². The Kier molecular flexibility index (Phi) is 7.45.